The van der Waals surface area contributed by atoms with E-state index >= 15 is 0 Å². The molecule has 0 amide bonds. The van der Waals surface area contributed by atoms with E-state index in [4.69, 9.17) is 0 Å². The second-order valence-electron chi connectivity index (χ2n) is 4.89. The number of non-ortho nitro benzene ring substituents is 1. The van der Waals surface area contributed by atoms with Crippen molar-refractivity contribution < 1.29 is 13.3 Å². The predicted octanol–water partition coefficient (Wildman–Crippen LogP) is 3.12. The van der Waals surface area contributed by atoms with Crippen LogP contribution in [0.25, 0.3) is 0 Å². The molecule has 120 valence electrons. The van der Waals surface area contributed by atoms with Gasteiger partial charge in [0.05, 0.1) is 9.82 Å². The van der Waals surface area contributed by atoms with Crippen LogP contribution in [0.1, 0.15) is 12.5 Å². The molecule has 0 aromatic heterocycles. The molecule has 0 heterocycles. The smallest absolute Gasteiger partial charge is 0.283 e. The lowest BCUT2D eigenvalue weighted by molar-refractivity contribution is -0.384. The van der Waals surface area contributed by atoms with Gasteiger partial charge in [0.1, 0.15) is 5.84 Å². The minimum atomic E-state index is -3.80. The molecular formula is C15H15N3O4S. The Balaban J connectivity index is 2.18. The lowest BCUT2D eigenvalue weighted by atomic mass is 10.2. The quantitative estimate of drug-likeness (QED) is 0.401. The van der Waals surface area contributed by atoms with Crippen molar-refractivity contribution >= 4 is 27.2 Å². The zero-order valence-corrected chi connectivity index (χ0v) is 13.4. The first kappa shape index (κ1) is 16.6. The molecule has 0 atom stereocenters. The highest BCUT2D eigenvalue weighted by Crippen LogP contribution is 2.17. The summed E-state index contributed by atoms with van der Waals surface area (Å²) < 4.78 is 28.0. The highest BCUT2D eigenvalue weighted by atomic mass is 32.2. The molecular weight excluding hydrogens is 318 g/mol. The molecule has 0 aliphatic heterocycles. The van der Waals surface area contributed by atoms with Gasteiger partial charge >= 0.3 is 0 Å². The minimum absolute atomic E-state index is 0.0441. The lowest BCUT2D eigenvalue weighted by Crippen LogP contribution is -2.11. The van der Waals surface area contributed by atoms with E-state index in [0.29, 0.717) is 5.69 Å². The number of sulfonamides is 1. The molecule has 0 radical (unpaired) electrons. The maximum atomic E-state index is 12.2. The van der Waals surface area contributed by atoms with Crippen molar-refractivity contribution in [2.45, 2.75) is 18.7 Å². The number of nitro benzene ring substituents is 1. The molecule has 0 unspecified atom stereocenters. The second-order valence-corrected chi connectivity index (χ2v) is 6.50. The van der Waals surface area contributed by atoms with E-state index in [-0.39, 0.29) is 16.4 Å². The third-order valence-corrected chi connectivity index (χ3v) is 4.36. The standard InChI is InChI=1S/C15H15N3O4S/c1-11-3-9-15(10-4-11)23(21,22)17-12(2)16-13-5-7-14(8-6-13)18(19)20/h3-10H,1-2H3,(H,16,17). The molecule has 0 aliphatic rings. The Morgan fingerprint density at radius 3 is 2.17 bits per heavy atom. The highest BCUT2D eigenvalue weighted by molar-refractivity contribution is 7.90. The van der Waals surface area contributed by atoms with Gasteiger partial charge in [0.25, 0.3) is 15.7 Å². The maximum absolute atomic E-state index is 12.2. The van der Waals surface area contributed by atoms with Crippen molar-refractivity contribution in [2.24, 2.45) is 4.40 Å². The van der Waals surface area contributed by atoms with Gasteiger partial charge in [0.15, 0.2) is 0 Å². The largest absolute Gasteiger partial charge is 0.343 e. The number of hydrogen-bond acceptors (Lipinski definition) is 4. The van der Waals surface area contributed by atoms with Gasteiger partial charge in [0.2, 0.25) is 0 Å². The summed E-state index contributed by atoms with van der Waals surface area (Å²) in [7, 11) is -3.80. The Labute approximate surface area is 133 Å². The van der Waals surface area contributed by atoms with Gasteiger partial charge in [0, 0.05) is 17.8 Å². The van der Waals surface area contributed by atoms with Gasteiger partial charge in [-0.05, 0) is 38.1 Å². The van der Waals surface area contributed by atoms with E-state index in [9.17, 15) is 18.5 Å². The fraction of sp³-hybridized carbons (Fsp3) is 0.133. The zero-order chi connectivity index (χ0) is 17.0. The first-order valence-electron chi connectivity index (χ1n) is 6.68. The molecule has 8 heteroatoms. The minimum Gasteiger partial charge on any atom is -0.343 e. The van der Waals surface area contributed by atoms with Crippen LogP contribution in [-0.2, 0) is 10.0 Å². The summed E-state index contributed by atoms with van der Waals surface area (Å²) in [5.41, 5.74) is 1.42. The zero-order valence-electron chi connectivity index (χ0n) is 12.6. The number of nitro groups is 1. The Hall–Kier alpha value is -2.74. The average molecular weight is 333 g/mol. The van der Waals surface area contributed by atoms with Crippen molar-refractivity contribution in [1.29, 1.82) is 0 Å². The van der Waals surface area contributed by atoms with Crippen LogP contribution in [0.3, 0.4) is 0 Å². The molecule has 7 nitrogen and oxygen atoms in total. The average Bonchev–Trinajstić information content (AvgIpc) is 2.47. The van der Waals surface area contributed by atoms with E-state index in [2.05, 4.69) is 9.71 Å². The molecule has 2 aromatic rings. The van der Waals surface area contributed by atoms with Crippen LogP contribution in [0.5, 0.6) is 0 Å². The van der Waals surface area contributed by atoms with Crippen LogP contribution in [0, 0.1) is 17.0 Å². The predicted molar refractivity (Wildman–Crippen MR) is 88.2 cm³/mol. The van der Waals surface area contributed by atoms with Crippen LogP contribution < -0.4 is 5.32 Å². The van der Waals surface area contributed by atoms with E-state index in [0.717, 1.165) is 5.56 Å². The summed E-state index contributed by atoms with van der Waals surface area (Å²) in [6.45, 7) is 3.37. The normalized spacial score (nSPS) is 12.0. The maximum Gasteiger partial charge on any atom is 0.283 e. The van der Waals surface area contributed by atoms with E-state index in [1.165, 1.54) is 43.3 Å². The topological polar surface area (TPSA) is 102 Å². The third kappa shape index (κ3) is 4.36. The second kappa shape index (κ2) is 6.57. The Morgan fingerprint density at radius 2 is 1.65 bits per heavy atom. The molecule has 0 saturated carbocycles. The van der Waals surface area contributed by atoms with Gasteiger partial charge in [-0.3, -0.25) is 10.1 Å². The molecule has 0 saturated heterocycles. The number of anilines is 1. The van der Waals surface area contributed by atoms with Crippen molar-refractivity contribution in [3.63, 3.8) is 0 Å². The molecule has 1 N–H and O–H groups in total. The lowest BCUT2D eigenvalue weighted by Gasteiger charge is -2.06. The first-order valence-corrected chi connectivity index (χ1v) is 8.12. The van der Waals surface area contributed by atoms with Gasteiger partial charge in [-0.15, -0.1) is 4.40 Å². The SMILES string of the molecule is C/C(=N\S(=O)(=O)c1ccc(C)cc1)Nc1ccc([N+](=O)[O-])cc1. The summed E-state index contributed by atoms with van der Waals surface area (Å²) >= 11 is 0. The van der Waals surface area contributed by atoms with Gasteiger partial charge in [-0.25, -0.2) is 0 Å². The molecule has 2 aromatic carbocycles. The van der Waals surface area contributed by atoms with Crippen molar-refractivity contribution in [2.75, 3.05) is 5.32 Å². The highest BCUT2D eigenvalue weighted by Gasteiger charge is 2.13. The number of benzene rings is 2. The van der Waals surface area contributed by atoms with Crippen LogP contribution in [0.2, 0.25) is 0 Å². The van der Waals surface area contributed by atoms with Crippen molar-refractivity contribution in [3.8, 4) is 0 Å². The summed E-state index contributed by atoms with van der Waals surface area (Å²) in [5.74, 6) is 0.166. The molecule has 0 spiro atoms. The van der Waals surface area contributed by atoms with Crippen LogP contribution >= 0.6 is 0 Å². The van der Waals surface area contributed by atoms with E-state index < -0.39 is 14.9 Å². The van der Waals surface area contributed by atoms with Crippen molar-refractivity contribution in [1.82, 2.24) is 0 Å². The van der Waals surface area contributed by atoms with Gasteiger partial charge < -0.3 is 5.32 Å². The van der Waals surface area contributed by atoms with Crippen molar-refractivity contribution in [3.05, 3.63) is 64.2 Å². The van der Waals surface area contributed by atoms with Crippen LogP contribution in [0.15, 0.2) is 57.8 Å². The van der Waals surface area contributed by atoms with Crippen LogP contribution in [-0.4, -0.2) is 19.2 Å². The van der Waals surface area contributed by atoms with Gasteiger partial charge in [-0.1, -0.05) is 17.7 Å². The number of nitrogens with one attached hydrogen (secondary N) is 1. The van der Waals surface area contributed by atoms with E-state index in [1.54, 1.807) is 12.1 Å². The monoisotopic (exact) mass is 333 g/mol. The number of nitrogens with zero attached hydrogens (tertiary/aromatic N) is 2. The first-order chi connectivity index (χ1) is 10.8. The number of amidine groups is 1. The third-order valence-electron chi connectivity index (χ3n) is 2.98. The van der Waals surface area contributed by atoms with Gasteiger partial charge in [-0.2, -0.15) is 8.42 Å². The summed E-state index contributed by atoms with van der Waals surface area (Å²) in [6, 6.07) is 12.0. The molecule has 23 heavy (non-hydrogen) atoms. The Bertz CT molecular complexity index is 841. The molecule has 0 aliphatic carbocycles. The summed E-state index contributed by atoms with van der Waals surface area (Å²) in [4.78, 5) is 10.2. The Morgan fingerprint density at radius 1 is 1.09 bits per heavy atom. The van der Waals surface area contributed by atoms with E-state index in [1.807, 2.05) is 6.92 Å². The molecule has 0 bridgehead atoms. The Kier molecular flexibility index (Phi) is 4.75. The number of aryl methyl sites for hydroxylation is 1. The molecule has 0 fully saturated rings. The molecule has 2 rings (SSSR count). The summed E-state index contributed by atoms with van der Waals surface area (Å²) in [6.07, 6.45) is 0. The fourth-order valence-electron chi connectivity index (χ4n) is 1.84. The fourth-order valence-corrected chi connectivity index (χ4v) is 2.83. The summed E-state index contributed by atoms with van der Waals surface area (Å²) in [5, 5.41) is 13.4. The number of rotatable bonds is 4. The van der Waals surface area contributed by atoms with Crippen LogP contribution in [0.4, 0.5) is 11.4 Å². The number of hydrogen-bond donors (Lipinski definition) is 1.